The number of aliphatic carboxylic acids is 1. The van der Waals surface area contributed by atoms with Crippen LogP contribution in [0.4, 0.5) is 13.2 Å². The van der Waals surface area contributed by atoms with Crippen LogP contribution in [-0.2, 0) is 9.53 Å². The van der Waals surface area contributed by atoms with Crippen molar-refractivity contribution in [2.24, 2.45) is 0 Å². The molecule has 1 fully saturated rings. The van der Waals surface area contributed by atoms with Crippen LogP contribution in [0.2, 0.25) is 0 Å². The van der Waals surface area contributed by atoms with Gasteiger partial charge in [0.15, 0.2) is 0 Å². The van der Waals surface area contributed by atoms with Crippen LogP contribution in [0.1, 0.15) is 0 Å². The largest absolute Gasteiger partial charge is 0.479 e. The summed E-state index contributed by atoms with van der Waals surface area (Å²) in [6.45, 7) is -0.772. The number of hydrogen-bond donors (Lipinski definition) is 1. The summed E-state index contributed by atoms with van der Waals surface area (Å²) < 4.78 is 38.7. The molecule has 0 spiro atoms. The van der Waals surface area contributed by atoms with E-state index in [9.17, 15) is 18.0 Å². The Kier molecular flexibility index (Phi) is 1.19. The minimum absolute atomic E-state index is 0.772. The molecule has 10 heavy (non-hydrogen) atoms. The number of carboxylic acids is 1. The number of alkyl halides is 3. The zero-order valence-corrected chi connectivity index (χ0v) is 4.60. The lowest BCUT2D eigenvalue weighted by atomic mass is 10.2. The molecule has 0 aromatic heterocycles. The molecule has 1 atom stereocenters. The molecule has 1 rings (SSSR count). The number of epoxide rings is 1. The number of ether oxygens (including phenoxy) is 1. The van der Waals surface area contributed by atoms with Crippen molar-refractivity contribution in [3.63, 3.8) is 0 Å². The highest BCUT2D eigenvalue weighted by molar-refractivity contribution is 5.81. The first-order chi connectivity index (χ1) is 4.40. The first kappa shape index (κ1) is 7.33. The Bertz CT molecular complexity index is 169. The average molecular weight is 156 g/mol. The monoisotopic (exact) mass is 156 g/mol. The highest BCUT2D eigenvalue weighted by Crippen LogP contribution is 2.43. The highest BCUT2D eigenvalue weighted by atomic mass is 19.4. The van der Waals surface area contributed by atoms with Gasteiger partial charge in [0.25, 0.3) is 5.60 Å². The second kappa shape index (κ2) is 1.63. The summed E-state index contributed by atoms with van der Waals surface area (Å²) >= 11 is 0. The van der Waals surface area contributed by atoms with Crippen molar-refractivity contribution in [3.8, 4) is 0 Å². The molecule has 1 aliphatic heterocycles. The fourth-order valence-electron chi connectivity index (χ4n) is 0.481. The number of carboxylic acid groups (broad SMARTS) is 1. The Labute approximate surface area is 53.4 Å². The van der Waals surface area contributed by atoms with Crippen LogP contribution in [0.3, 0.4) is 0 Å². The summed E-state index contributed by atoms with van der Waals surface area (Å²) in [4.78, 5) is 9.89. The Morgan fingerprint density at radius 2 is 2.00 bits per heavy atom. The first-order valence-electron chi connectivity index (χ1n) is 2.34. The van der Waals surface area contributed by atoms with Gasteiger partial charge in [-0.3, -0.25) is 0 Å². The van der Waals surface area contributed by atoms with Crippen LogP contribution in [0, 0.1) is 0 Å². The van der Waals surface area contributed by atoms with Crippen molar-refractivity contribution in [1.29, 1.82) is 0 Å². The van der Waals surface area contributed by atoms with Crippen molar-refractivity contribution in [3.05, 3.63) is 0 Å². The minimum Gasteiger partial charge on any atom is -0.479 e. The maximum absolute atomic E-state index is 11.6. The predicted octanol–water partition coefficient (Wildman–Crippen LogP) is 0.402. The van der Waals surface area contributed by atoms with E-state index in [2.05, 4.69) is 4.74 Å². The van der Waals surface area contributed by atoms with Crippen LogP contribution >= 0.6 is 0 Å². The molecule has 1 heterocycles. The lowest BCUT2D eigenvalue weighted by Gasteiger charge is -2.09. The first-order valence-corrected chi connectivity index (χ1v) is 2.34. The Morgan fingerprint density at radius 1 is 1.60 bits per heavy atom. The predicted molar refractivity (Wildman–Crippen MR) is 22.4 cm³/mol. The lowest BCUT2D eigenvalue weighted by Crippen LogP contribution is -2.40. The molecule has 1 N–H and O–H groups in total. The van der Waals surface area contributed by atoms with E-state index in [0.717, 1.165) is 0 Å². The topological polar surface area (TPSA) is 49.8 Å². The van der Waals surface area contributed by atoms with Gasteiger partial charge in [-0.2, -0.15) is 13.2 Å². The van der Waals surface area contributed by atoms with E-state index in [1.807, 2.05) is 0 Å². The molecule has 0 aromatic carbocycles. The van der Waals surface area contributed by atoms with Crippen molar-refractivity contribution >= 4 is 5.97 Å². The van der Waals surface area contributed by atoms with E-state index < -0.39 is 24.4 Å². The molecule has 58 valence electrons. The average Bonchev–Trinajstić information content (AvgIpc) is 2.36. The van der Waals surface area contributed by atoms with E-state index in [0.29, 0.717) is 0 Å². The summed E-state index contributed by atoms with van der Waals surface area (Å²) in [6, 6.07) is 0. The molecule has 0 aliphatic carbocycles. The SMILES string of the molecule is O=C(O)[C@@]1(C(F)(F)F)CO1. The fraction of sp³-hybridized carbons (Fsp3) is 0.750. The molecule has 0 unspecified atom stereocenters. The zero-order valence-electron chi connectivity index (χ0n) is 4.60. The molecule has 6 heteroatoms. The van der Waals surface area contributed by atoms with E-state index in [-0.39, 0.29) is 0 Å². The van der Waals surface area contributed by atoms with E-state index in [1.54, 1.807) is 0 Å². The van der Waals surface area contributed by atoms with E-state index in [1.165, 1.54) is 0 Å². The lowest BCUT2D eigenvalue weighted by molar-refractivity contribution is -0.199. The van der Waals surface area contributed by atoms with E-state index in [4.69, 9.17) is 5.11 Å². The molecule has 0 aromatic rings. The third kappa shape index (κ3) is 0.756. The Morgan fingerprint density at radius 3 is 2.00 bits per heavy atom. The van der Waals surface area contributed by atoms with E-state index >= 15 is 0 Å². The van der Waals surface area contributed by atoms with Crippen LogP contribution in [0.5, 0.6) is 0 Å². The van der Waals surface area contributed by atoms with Crippen LogP contribution in [-0.4, -0.2) is 29.5 Å². The van der Waals surface area contributed by atoms with Gasteiger partial charge in [0.05, 0.1) is 6.61 Å². The normalized spacial score (nSPS) is 31.9. The third-order valence-corrected chi connectivity index (χ3v) is 1.24. The quantitative estimate of drug-likeness (QED) is 0.559. The highest BCUT2D eigenvalue weighted by Gasteiger charge is 2.72. The molecule has 1 saturated heterocycles. The molecule has 3 nitrogen and oxygen atoms in total. The van der Waals surface area contributed by atoms with Gasteiger partial charge < -0.3 is 9.84 Å². The van der Waals surface area contributed by atoms with Crippen molar-refractivity contribution in [2.75, 3.05) is 6.61 Å². The Hall–Kier alpha value is -0.780. The third-order valence-electron chi connectivity index (χ3n) is 1.24. The van der Waals surface area contributed by atoms with Crippen molar-refractivity contribution in [1.82, 2.24) is 0 Å². The van der Waals surface area contributed by atoms with Crippen LogP contribution < -0.4 is 0 Å². The summed E-state index contributed by atoms with van der Waals surface area (Å²) in [5, 5.41) is 7.99. The summed E-state index contributed by atoms with van der Waals surface area (Å²) in [5.41, 5.74) is -2.90. The molecule has 0 saturated carbocycles. The number of halogens is 3. The summed E-state index contributed by atoms with van der Waals surface area (Å²) in [7, 11) is 0. The molecular weight excluding hydrogens is 153 g/mol. The van der Waals surface area contributed by atoms with Gasteiger partial charge in [0, 0.05) is 0 Å². The fourth-order valence-corrected chi connectivity index (χ4v) is 0.481. The molecule has 1 aliphatic rings. The number of rotatable bonds is 1. The van der Waals surface area contributed by atoms with Crippen LogP contribution in [0.25, 0.3) is 0 Å². The van der Waals surface area contributed by atoms with Gasteiger partial charge in [0.1, 0.15) is 0 Å². The maximum atomic E-state index is 11.6. The second-order valence-electron chi connectivity index (χ2n) is 1.92. The number of carbonyl (C=O) groups is 1. The zero-order chi connectivity index (χ0) is 7.99. The summed E-state index contributed by atoms with van der Waals surface area (Å²) in [6.07, 6.45) is -4.79. The van der Waals surface area contributed by atoms with Gasteiger partial charge in [-0.05, 0) is 0 Å². The number of hydrogen-bond acceptors (Lipinski definition) is 2. The van der Waals surface area contributed by atoms with Gasteiger partial charge in [0.2, 0.25) is 0 Å². The molecule has 0 bridgehead atoms. The minimum atomic E-state index is -4.79. The van der Waals surface area contributed by atoms with Crippen molar-refractivity contribution < 1.29 is 27.8 Å². The molecular formula is C4H3F3O3. The van der Waals surface area contributed by atoms with Gasteiger partial charge in [-0.25, -0.2) is 4.79 Å². The Balaban J connectivity index is 2.80. The second-order valence-corrected chi connectivity index (χ2v) is 1.92. The maximum Gasteiger partial charge on any atom is 0.430 e. The molecule has 0 radical (unpaired) electrons. The van der Waals surface area contributed by atoms with Gasteiger partial charge in [-0.15, -0.1) is 0 Å². The van der Waals surface area contributed by atoms with Gasteiger partial charge in [-0.1, -0.05) is 0 Å². The smallest absolute Gasteiger partial charge is 0.430 e. The van der Waals surface area contributed by atoms with Gasteiger partial charge >= 0.3 is 12.1 Å². The van der Waals surface area contributed by atoms with Crippen LogP contribution in [0.15, 0.2) is 0 Å². The standard InChI is InChI=1S/C4H3F3O3/c5-4(6,7)3(1-10-3)2(8)9/h1H2,(H,8,9)/t3-/m1/s1. The molecule has 0 amide bonds. The summed E-state index contributed by atoms with van der Waals surface area (Å²) in [5.74, 6) is -1.97. The van der Waals surface area contributed by atoms with Crippen molar-refractivity contribution in [2.45, 2.75) is 11.8 Å².